The van der Waals surface area contributed by atoms with E-state index in [0.717, 1.165) is 0 Å². The first-order valence-electron chi connectivity index (χ1n) is 6.17. The van der Waals surface area contributed by atoms with E-state index in [9.17, 15) is 18.4 Å². The van der Waals surface area contributed by atoms with Gasteiger partial charge in [-0.3, -0.25) is 9.59 Å². The van der Waals surface area contributed by atoms with Gasteiger partial charge in [0.15, 0.2) is 0 Å². The summed E-state index contributed by atoms with van der Waals surface area (Å²) in [7, 11) is 0. The van der Waals surface area contributed by atoms with E-state index >= 15 is 0 Å². The molecule has 1 rings (SSSR count). The Morgan fingerprint density at radius 3 is 2.43 bits per heavy atom. The quantitative estimate of drug-likeness (QED) is 0.736. The first kappa shape index (κ1) is 17.3. The van der Waals surface area contributed by atoms with Crippen LogP contribution in [0.1, 0.15) is 17.3 Å². The molecule has 0 heterocycles. The van der Waals surface area contributed by atoms with E-state index in [2.05, 4.69) is 5.32 Å². The largest absolute Gasteiger partial charge is 0.348 e. The van der Waals surface area contributed by atoms with E-state index in [1.54, 1.807) is 0 Å². The number of amides is 2. The normalized spacial score (nSPS) is 12.6. The molecule has 2 amide bonds. The van der Waals surface area contributed by atoms with Crippen molar-refractivity contribution in [3.05, 3.63) is 34.9 Å². The Bertz CT molecular complexity index is 509. The lowest BCUT2D eigenvalue weighted by molar-refractivity contribution is -0.124. The Kier molecular flexibility index (Phi) is 6.04. The fourth-order valence-electron chi connectivity index (χ4n) is 1.39. The van der Waals surface area contributed by atoms with E-state index in [-0.39, 0.29) is 0 Å². The standard InChI is InChI=1S/C13H16ClF2N3O2/c1-8(11(20)18-7-13(15,16)6-17)19-12(21)9-2-4-10(14)5-3-9/h2-5,8H,6-7,17H2,1H3,(H,18,20)(H,19,21). The van der Waals surface area contributed by atoms with E-state index in [0.29, 0.717) is 10.6 Å². The fourth-order valence-corrected chi connectivity index (χ4v) is 1.51. The maximum Gasteiger partial charge on any atom is 0.277 e. The second kappa shape index (κ2) is 7.33. The van der Waals surface area contributed by atoms with Crippen molar-refractivity contribution in [1.29, 1.82) is 0 Å². The average Bonchev–Trinajstić information content (AvgIpc) is 2.45. The summed E-state index contributed by atoms with van der Waals surface area (Å²) in [5.74, 6) is -4.39. The number of carbonyl (C=O) groups excluding carboxylic acids is 2. The van der Waals surface area contributed by atoms with Gasteiger partial charge in [0.05, 0.1) is 13.1 Å². The molecule has 1 aromatic rings. The highest BCUT2D eigenvalue weighted by Crippen LogP contribution is 2.10. The van der Waals surface area contributed by atoms with Crippen LogP contribution in [-0.4, -0.2) is 36.9 Å². The Hall–Kier alpha value is -1.73. The molecule has 0 radical (unpaired) electrons. The van der Waals surface area contributed by atoms with Gasteiger partial charge in [0, 0.05) is 10.6 Å². The number of hydrogen-bond donors (Lipinski definition) is 3. The Labute approximate surface area is 125 Å². The zero-order valence-electron chi connectivity index (χ0n) is 11.3. The van der Waals surface area contributed by atoms with Gasteiger partial charge in [0.25, 0.3) is 11.8 Å². The molecule has 5 nitrogen and oxygen atoms in total. The van der Waals surface area contributed by atoms with Crippen LogP contribution in [0.25, 0.3) is 0 Å². The van der Waals surface area contributed by atoms with E-state index < -0.39 is 36.9 Å². The molecule has 0 aliphatic carbocycles. The summed E-state index contributed by atoms with van der Waals surface area (Å²) in [5, 5.41) is 4.91. The van der Waals surface area contributed by atoms with Crippen LogP contribution in [0.15, 0.2) is 24.3 Å². The molecule has 8 heteroatoms. The van der Waals surface area contributed by atoms with Crippen LogP contribution >= 0.6 is 11.6 Å². The Morgan fingerprint density at radius 1 is 1.33 bits per heavy atom. The number of halogens is 3. The number of hydrogen-bond acceptors (Lipinski definition) is 3. The van der Waals surface area contributed by atoms with E-state index in [1.807, 2.05) is 5.32 Å². The van der Waals surface area contributed by atoms with Gasteiger partial charge in [0.2, 0.25) is 5.91 Å². The monoisotopic (exact) mass is 319 g/mol. The highest BCUT2D eigenvalue weighted by molar-refractivity contribution is 6.30. The van der Waals surface area contributed by atoms with Crippen LogP contribution < -0.4 is 16.4 Å². The Balaban J connectivity index is 2.52. The first-order chi connectivity index (χ1) is 9.75. The molecular formula is C13H16ClF2N3O2. The molecule has 0 aliphatic heterocycles. The van der Waals surface area contributed by atoms with Gasteiger partial charge in [-0.25, -0.2) is 8.78 Å². The van der Waals surface area contributed by atoms with Crippen LogP contribution in [0.5, 0.6) is 0 Å². The van der Waals surface area contributed by atoms with Crippen molar-refractivity contribution in [3.63, 3.8) is 0 Å². The first-order valence-corrected chi connectivity index (χ1v) is 6.55. The topological polar surface area (TPSA) is 84.2 Å². The summed E-state index contributed by atoms with van der Waals surface area (Å²) < 4.78 is 25.8. The van der Waals surface area contributed by atoms with Gasteiger partial charge in [-0.1, -0.05) is 11.6 Å². The third-order valence-corrected chi connectivity index (χ3v) is 2.92. The van der Waals surface area contributed by atoms with Gasteiger partial charge < -0.3 is 16.4 Å². The van der Waals surface area contributed by atoms with Gasteiger partial charge in [-0.2, -0.15) is 0 Å². The maximum atomic E-state index is 12.9. The molecule has 0 saturated heterocycles. The molecule has 0 bridgehead atoms. The van der Waals surface area contributed by atoms with Gasteiger partial charge in [-0.15, -0.1) is 0 Å². The second-order valence-electron chi connectivity index (χ2n) is 4.48. The highest BCUT2D eigenvalue weighted by Gasteiger charge is 2.28. The van der Waals surface area contributed by atoms with Crippen LogP contribution in [0.3, 0.4) is 0 Å². The molecule has 0 aliphatic rings. The Morgan fingerprint density at radius 2 is 1.90 bits per heavy atom. The zero-order valence-corrected chi connectivity index (χ0v) is 12.1. The predicted molar refractivity (Wildman–Crippen MR) is 75.4 cm³/mol. The molecule has 21 heavy (non-hydrogen) atoms. The summed E-state index contributed by atoms with van der Waals surface area (Å²) >= 11 is 5.69. The molecule has 1 unspecified atom stereocenters. The smallest absolute Gasteiger partial charge is 0.277 e. The number of carbonyl (C=O) groups is 2. The molecule has 0 spiro atoms. The van der Waals surface area contributed by atoms with Crippen molar-refractivity contribution in [1.82, 2.24) is 10.6 Å². The third-order valence-electron chi connectivity index (χ3n) is 2.67. The van der Waals surface area contributed by atoms with Crippen molar-refractivity contribution in [2.75, 3.05) is 13.1 Å². The van der Waals surface area contributed by atoms with Crippen LogP contribution in [0, 0.1) is 0 Å². The van der Waals surface area contributed by atoms with E-state index in [1.165, 1.54) is 31.2 Å². The van der Waals surface area contributed by atoms with Crippen molar-refractivity contribution in [2.45, 2.75) is 18.9 Å². The van der Waals surface area contributed by atoms with Crippen LogP contribution in [-0.2, 0) is 4.79 Å². The zero-order chi connectivity index (χ0) is 16.0. The van der Waals surface area contributed by atoms with Gasteiger partial charge in [0.1, 0.15) is 6.04 Å². The summed E-state index contributed by atoms with van der Waals surface area (Å²) in [6.07, 6.45) is 0. The van der Waals surface area contributed by atoms with Crippen LogP contribution in [0.4, 0.5) is 8.78 Å². The number of rotatable bonds is 6. The number of nitrogens with one attached hydrogen (secondary N) is 2. The molecule has 0 saturated carbocycles. The SMILES string of the molecule is CC(NC(=O)c1ccc(Cl)cc1)C(=O)NCC(F)(F)CN. The predicted octanol–water partition coefficient (Wildman–Crippen LogP) is 1.17. The number of benzene rings is 1. The average molecular weight is 320 g/mol. The summed E-state index contributed by atoms with van der Waals surface area (Å²) in [6.45, 7) is -0.341. The number of nitrogens with two attached hydrogens (primary N) is 1. The van der Waals surface area contributed by atoms with Gasteiger partial charge in [-0.05, 0) is 31.2 Å². The lowest BCUT2D eigenvalue weighted by atomic mass is 10.2. The highest BCUT2D eigenvalue weighted by atomic mass is 35.5. The minimum atomic E-state index is -3.17. The molecule has 1 aromatic carbocycles. The summed E-state index contributed by atoms with van der Waals surface area (Å²) in [4.78, 5) is 23.4. The molecular weight excluding hydrogens is 304 g/mol. The van der Waals surface area contributed by atoms with Crippen molar-refractivity contribution in [3.8, 4) is 0 Å². The lowest BCUT2D eigenvalue weighted by Crippen LogP contribution is -2.49. The van der Waals surface area contributed by atoms with Gasteiger partial charge >= 0.3 is 0 Å². The maximum absolute atomic E-state index is 12.9. The molecule has 4 N–H and O–H groups in total. The molecule has 0 fully saturated rings. The summed E-state index contributed by atoms with van der Waals surface area (Å²) in [5.41, 5.74) is 5.17. The van der Waals surface area contributed by atoms with Crippen molar-refractivity contribution < 1.29 is 18.4 Å². The second-order valence-corrected chi connectivity index (χ2v) is 4.92. The third kappa shape index (κ3) is 5.65. The van der Waals surface area contributed by atoms with Crippen LogP contribution in [0.2, 0.25) is 5.02 Å². The molecule has 116 valence electrons. The van der Waals surface area contributed by atoms with Crippen molar-refractivity contribution in [2.24, 2.45) is 5.73 Å². The number of alkyl halides is 2. The van der Waals surface area contributed by atoms with E-state index in [4.69, 9.17) is 17.3 Å². The molecule has 0 aromatic heterocycles. The minimum absolute atomic E-state index is 0.311. The fraction of sp³-hybridized carbons (Fsp3) is 0.385. The van der Waals surface area contributed by atoms with Crippen molar-refractivity contribution >= 4 is 23.4 Å². The molecule has 1 atom stereocenters. The lowest BCUT2D eigenvalue weighted by Gasteiger charge is -2.18. The minimum Gasteiger partial charge on any atom is -0.348 e. The summed E-state index contributed by atoms with van der Waals surface area (Å²) in [6, 6.07) is 5.09.